The molecule has 0 rings (SSSR count). The maximum Gasteiger partial charge on any atom is 0.0830 e. The highest BCUT2D eigenvalue weighted by Crippen LogP contribution is 2.06. The molecule has 0 aliphatic rings. The van der Waals surface area contributed by atoms with E-state index in [1.807, 2.05) is 0 Å². The van der Waals surface area contributed by atoms with Crippen LogP contribution in [0.3, 0.4) is 0 Å². The van der Waals surface area contributed by atoms with Crippen LogP contribution >= 0.6 is 0 Å². The average molecular weight is 130 g/mol. The lowest BCUT2D eigenvalue weighted by atomic mass is 10.7. The molecule has 0 aliphatic heterocycles. The molecule has 0 bridgehead atoms. The van der Waals surface area contributed by atoms with Gasteiger partial charge in [0.2, 0.25) is 0 Å². The molecule has 0 unspecified atom stereocenters. The minimum Gasteiger partial charge on any atom is -0.393 e. The third-order valence-electron chi connectivity index (χ3n) is 1.11. The first kappa shape index (κ1) is 7.92. The SMILES string of the molecule is C=C[C@@H](O)[Si](C)(C)C. The number of hydrogen-bond acceptors (Lipinski definition) is 1. The van der Waals surface area contributed by atoms with Gasteiger partial charge in [-0.15, -0.1) is 6.58 Å². The second-order valence-corrected chi connectivity index (χ2v) is 8.37. The van der Waals surface area contributed by atoms with Gasteiger partial charge in [0, 0.05) is 0 Å². The van der Waals surface area contributed by atoms with Gasteiger partial charge in [0.05, 0.1) is 13.8 Å². The molecular formula is C6H14OSi. The normalized spacial score (nSPS) is 15.5. The summed E-state index contributed by atoms with van der Waals surface area (Å²) < 4.78 is 0. The van der Waals surface area contributed by atoms with Crippen LogP contribution in [-0.4, -0.2) is 18.9 Å². The first-order chi connectivity index (χ1) is 3.48. The van der Waals surface area contributed by atoms with Crippen LogP contribution in [0, 0.1) is 0 Å². The van der Waals surface area contributed by atoms with Crippen LogP contribution in [0.1, 0.15) is 0 Å². The van der Waals surface area contributed by atoms with E-state index in [1.54, 1.807) is 6.08 Å². The Morgan fingerprint density at radius 2 is 1.88 bits per heavy atom. The summed E-state index contributed by atoms with van der Waals surface area (Å²) in [7, 11) is -1.32. The first-order valence-electron chi connectivity index (χ1n) is 2.79. The van der Waals surface area contributed by atoms with E-state index in [-0.39, 0.29) is 5.73 Å². The summed E-state index contributed by atoms with van der Waals surface area (Å²) in [6.07, 6.45) is 1.62. The predicted octanol–water partition coefficient (Wildman–Crippen LogP) is 1.41. The van der Waals surface area contributed by atoms with Crippen molar-refractivity contribution in [3.05, 3.63) is 12.7 Å². The molecule has 1 nitrogen and oxygen atoms in total. The zero-order valence-electron chi connectivity index (χ0n) is 5.81. The van der Waals surface area contributed by atoms with Gasteiger partial charge in [-0.1, -0.05) is 25.7 Å². The molecule has 0 aromatic carbocycles. The zero-order valence-corrected chi connectivity index (χ0v) is 6.81. The van der Waals surface area contributed by atoms with Gasteiger partial charge in [-0.2, -0.15) is 0 Å². The van der Waals surface area contributed by atoms with Crippen molar-refractivity contribution in [1.29, 1.82) is 0 Å². The molecule has 0 radical (unpaired) electrons. The van der Waals surface area contributed by atoms with Crippen LogP contribution in [-0.2, 0) is 0 Å². The van der Waals surface area contributed by atoms with Crippen molar-refractivity contribution >= 4 is 8.07 Å². The molecule has 8 heavy (non-hydrogen) atoms. The highest BCUT2D eigenvalue weighted by Gasteiger charge is 2.20. The van der Waals surface area contributed by atoms with E-state index in [4.69, 9.17) is 5.11 Å². The molecule has 0 aliphatic carbocycles. The second-order valence-electron chi connectivity index (χ2n) is 3.05. The number of aliphatic hydroxyl groups excluding tert-OH is 1. The Balaban J connectivity index is 3.80. The zero-order chi connectivity index (χ0) is 6.78. The Bertz CT molecular complexity index is 83.0. The first-order valence-corrected chi connectivity index (χ1v) is 6.37. The molecule has 1 N–H and O–H groups in total. The van der Waals surface area contributed by atoms with Crippen LogP contribution in [0.15, 0.2) is 12.7 Å². The number of rotatable bonds is 2. The van der Waals surface area contributed by atoms with Crippen molar-refractivity contribution in [1.82, 2.24) is 0 Å². The van der Waals surface area contributed by atoms with Gasteiger partial charge < -0.3 is 5.11 Å². The minimum absolute atomic E-state index is 0.248. The van der Waals surface area contributed by atoms with Crippen LogP contribution in [0.25, 0.3) is 0 Å². The molecular weight excluding hydrogens is 116 g/mol. The second kappa shape index (κ2) is 2.46. The third-order valence-corrected chi connectivity index (χ3v) is 3.12. The van der Waals surface area contributed by atoms with Gasteiger partial charge in [-0.3, -0.25) is 0 Å². The fraction of sp³-hybridized carbons (Fsp3) is 0.667. The molecule has 0 fully saturated rings. The Morgan fingerprint density at radius 3 is 1.88 bits per heavy atom. The summed E-state index contributed by atoms with van der Waals surface area (Å²) in [5.74, 6) is 0. The highest BCUT2D eigenvalue weighted by atomic mass is 28.3. The Morgan fingerprint density at radius 1 is 1.50 bits per heavy atom. The van der Waals surface area contributed by atoms with Gasteiger partial charge >= 0.3 is 0 Å². The summed E-state index contributed by atoms with van der Waals surface area (Å²) >= 11 is 0. The molecule has 0 spiro atoms. The van der Waals surface area contributed by atoms with Crippen molar-refractivity contribution in [2.45, 2.75) is 25.4 Å². The average Bonchev–Trinajstić information content (AvgIpc) is 1.62. The fourth-order valence-corrected chi connectivity index (χ4v) is 1.06. The summed E-state index contributed by atoms with van der Waals surface area (Å²) in [4.78, 5) is 0. The van der Waals surface area contributed by atoms with E-state index >= 15 is 0 Å². The lowest BCUT2D eigenvalue weighted by Gasteiger charge is -2.19. The topological polar surface area (TPSA) is 20.2 Å². The van der Waals surface area contributed by atoms with Crippen molar-refractivity contribution in [2.24, 2.45) is 0 Å². The molecule has 1 atom stereocenters. The van der Waals surface area contributed by atoms with Crippen LogP contribution < -0.4 is 0 Å². The van der Waals surface area contributed by atoms with Gasteiger partial charge in [0.1, 0.15) is 0 Å². The fourth-order valence-electron chi connectivity index (χ4n) is 0.354. The van der Waals surface area contributed by atoms with E-state index in [0.29, 0.717) is 0 Å². The monoisotopic (exact) mass is 130 g/mol. The molecule has 0 aromatic rings. The van der Waals surface area contributed by atoms with Crippen molar-refractivity contribution in [2.75, 3.05) is 0 Å². The van der Waals surface area contributed by atoms with Crippen molar-refractivity contribution in [3.8, 4) is 0 Å². The van der Waals surface area contributed by atoms with Crippen LogP contribution in [0.4, 0.5) is 0 Å². The van der Waals surface area contributed by atoms with Gasteiger partial charge in [0.25, 0.3) is 0 Å². The van der Waals surface area contributed by atoms with E-state index < -0.39 is 8.07 Å². The molecule has 0 aromatic heterocycles. The Kier molecular flexibility index (Phi) is 2.44. The third kappa shape index (κ3) is 2.28. The summed E-state index contributed by atoms with van der Waals surface area (Å²) in [5.41, 5.74) is -0.248. The van der Waals surface area contributed by atoms with E-state index in [2.05, 4.69) is 26.2 Å². The van der Waals surface area contributed by atoms with Crippen LogP contribution in [0.2, 0.25) is 19.6 Å². The molecule has 48 valence electrons. The maximum atomic E-state index is 9.14. The van der Waals surface area contributed by atoms with Crippen molar-refractivity contribution in [3.63, 3.8) is 0 Å². The quantitative estimate of drug-likeness (QED) is 0.442. The molecule has 0 saturated heterocycles. The van der Waals surface area contributed by atoms with Gasteiger partial charge in [-0.05, 0) is 0 Å². The van der Waals surface area contributed by atoms with Crippen LogP contribution in [0.5, 0.6) is 0 Å². The standard InChI is InChI=1S/C6H14OSi/c1-5-6(7)8(2,3)4/h5-7H,1H2,2-4H3/t6-/m0/s1. The summed E-state index contributed by atoms with van der Waals surface area (Å²) in [6.45, 7) is 9.84. The minimum atomic E-state index is -1.32. The Hall–Kier alpha value is -0.0831. The highest BCUT2D eigenvalue weighted by molar-refractivity contribution is 6.77. The Labute approximate surface area is 52.0 Å². The smallest absolute Gasteiger partial charge is 0.0830 e. The molecule has 2 heteroatoms. The predicted molar refractivity (Wildman–Crippen MR) is 39.5 cm³/mol. The lowest BCUT2D eigenvalue weighted by molar-refractivity contribution is 0.291. The maximum absolute atomic E-state index is 9.14. The summed E-state index contributed by atoms with van der Waals surface area (Å²) in [5, 5.41) is 9.14. The van der Waals surface area contributed by atoms with E-state index in [9.17, 15) is 0 Å². The number of aliphatic hydroxyl groups is 1. The molecule has 0 amide bonds. The molecule has 0 saturated carbocycles. The number of hydrogen-bond donors (Lipinski definition) is 1. The summed E-state index contributed by atoms with van der Waals surface area (Å²) in [6, 6.07) is 0. The van der Waals surface area contributed by atoms with E-state index in [1.165, 1.54) is 0 Å². The van der Waals surface area contributed by atoms with Gasteiger partial charge in [0.15, 0.2) is 0 Å². The lowest BCUT2D eigenvalue weighted by Crippen LogP contribution is -2.36. The van der Waals surface area contributed by atoms with Gasteiger partial charge in [-0.25, -0.2) is 0 Å². The molecule has 0 heterocycles. The largest absolute Gasteiger partial charge is 0.393 e. The van der Waals surface area contributed by atoms with Crippen molar-refractivity contribution < 1.29 is 5.11 Å². The van der Waals surface area contributed by atoms with E-state index in [0.717, 1.165) is 0 Å².